The maximum Gasteiger partial charge on any atom is 0.244 e. The molecule has 9 heteroatoms. The van der Waals surface area contributed by atoms with Gasteiger partial charge in [0.25, 0.3) is 0 Å². The highest BCUT2D eigenvalue weighted by atomic mass is 35.5. The maximum atomic E-state index is 14.0. The van der Waals surface area contributed by atoms with Gasteiger partial charge in [0, 0.05) is 30.4 Å². The van der Waals surface area contributed by atoms with E-state index in [-0.39, 0.29) is 28.6 Å². The van der Waals surface area contributed by atoms with Crippen LogP contribution in [0.15, 0.2) is 47.5 Å². The first-order valence-electron chi connectivity index (χ1n) is 9.59. The van der Waals surface area contributed by atoms with Crippen molar-refractivity contribution in [3.63, 3.8) is 0 Å². The Hall–Kier alpha value is -2.70. The Kier molecular flexibility index (Phi) is 5.86. The SMILES string of the molecule is C#Cc1ccc(-c2c[nH]c(-c3ccc(Cl)c(S(=O)(=O)N4CCC(O)CC4)c3)n2)cc1F. The van der Waals surface area contributed by atoms with E-state index in [9.17, 15) is 17.9 Å². The zero-order chi connectivity index (χ0) is 22.2. The second-order valence-electron chi connectivity index (χ2n) is 7.25. The van der Waals surface area contributed by atoms with Crippen molar-refractivity contribution in [3.05, 3.63) is 59.0 Å². The van der Waals surface area contributed by atoms with E-state index in [1.807, 2.05) is 0 Å². The Balaban J connectivity index is 1.66. The Morgan fingerprint density at radius 3 is 2.58 bits per heavy atom. The summed E-state index contributed by atoms with van der Waals surface area (Å²) in [5.41, 5.74) is 1.71. The van der Waals surface area contributed by atoms with E-state index in [1.165, 1.54) is 28.6 Å². The topological polar surface area (TPSA) is 86.3 Å². The molecular weight excluding hydrogens is 441 g/mol. The molecular formula is C22H19ClFN3O3S. The van der Waals surface area contributed by atoms with Crippen molar-refractivity contribution < 1.29 is 17.9 Å². The molecule has 1 fully saturated rings. The monoisotopic (exact) mass is 459 g/mol. The average Bonchev–Trinajstić information content (AvgIpc) is 3.24. The molecule has 1 saturated heterocycles. The van der Waals surface area contributed by atoms with Gasteiger partial charge in [0.2, 0.25) is 10.0 Å². The summed E-state index contributed by atoms with van der Waals surface area (Å²) in [4.78, 5) is 7.44. The molecule has 0 aliphatic carbocycles. The van der Waals surface area contributed by atoms with E-state index >= 15 is 0 Å². The highest BCUT2D eigenvalue weighted by Crippen LogP contribution is 2.31. The van der Waals surface area contributed by atoms with Crippen LogP contribution >= 0.6 is 11.6 Å². The van der Waals surface area contributed by atoms with E-state index in [1.54, 1.807) is 18.3 Å². The van der Waals surface area contributed by atoms with Crippen LogP contribution in [-0.4, -0.2) is 47.0 Å². The van der Waals surface area contributed by atoms with Gasteiger partial charge in [-0.25, -0.2) is 17.8 Å². The summed E-state index contributed by atoms with van der Waals surface area (Å²) in [5.74, 6) is 2.17. The van der Waals surface area contributed by atoms with E-state index in [4.69, 9.17) is 18.0 Å². The highest BCUT2D eigenvalue weighted by Gasteiger charge is 2.30. The smallest absolute Gasteiger partial charge is 0.244 e. The molecule has 0 atom stereocenters. The van der Waals surface area contributed by atoms with Crippen LogP contribution in [0.1, 0.15) is 18.4 Å². The maximum absolute atomic E-state index is 14.0. The molecule has 0 spiro atoms. The minimum atomic E-state index is -3.83. The van der Waals surface area contributed by atoms with Crippen LogP contribution in [0.4, 0.5) is 4.39 Å². The van der Waals surface area contributed by atoms with Gasteiger partial charge in [0.1, 0.15) is 16.5 Å². The van der Waals surface area contributed by atoms with Crippen molar-refractivity contribution in [2.24, 2.45) is 0 Å². The van der Waals surface area contributed by atoms with Crippen molar-refractivity contribution in [2.75, 3.05) is 13.1 Å². The van der Waals surface area contributed by atoms with Gasteiger partial charge in [-0.3, -0.25) is 0 Å². The lowest BCUT2D eigenvalue weighted by atomic mass is 10.1. The average molecular weight is 460 g/mol. The number of aliphatic hydroxyl groups is 1. The Morgan fingerprint density at radius 2 is 1.90 bits per heavy atom. The Morgan fingerprint density at radius 1 is 1.19 bits per heavy atom. The number of rotatable bonds is 4. The van der Waals surface area contributed by atoms with Crippen molar-refractivity contribution >= 4 is 21.6 Å². The van der Waals surface area contributed by atoms with Crippen molar-refractivity contribution in [1.29, 1.82) is 0 Å². The van der Waals surface area contributed by atoms with Crippen LogP contribution in [0.25, 0.3) is 22.6 Å². The quantitative estimate of drug-likeness (QED) is 0.583. The number of aromatic nitrogens is 2. The molecule has 2 N–H and O–H groups in total. The van der Waals surface area contributed by atoms with Crippen molar-refractivity contribution in [1.82, 2.24) is 14.3 Å². The molecule has 3 aromatic rings. The number of H-pyrrole nitrogens is 1. The number of benzene rings is 2. The number of aliphatic hydroxyl groups excluding tert-OH is 1. The Labute approximate surface area is 184 Å². The summed E-state index contributed by atoms with van der Waals surface area (Å²) >= 11 is 6.22. The van der Waals surface area contributed by atoms with Crippen LogP contribution < -0.4 is 0 Å². The molecule has 2 aromatic carbocycles. The summed E-state index contributed by atoms with van der Waals surface area (Å²) in [6, 6.07) is 9.10. The van der Waals surface area contributed by atoms with E-state index in [2.05, 4.69) is 15.9 Å². The van der Waals surface area contributed by atoms with Crippen LogP contribution in [0.2, 0.25) is 5.02 Å². The third kappa shape index (κ3) is 4.23. The minimum Gasteiger partial charge on any atom is -0.393 e. The fraction of sp³-hybridized carbons (Fsp3) is 0.227. The molecule has 0 unspecified atom stereocenters. The normalized spacial score (nSPS) is 15.7. The molecule has 0 radical (unpaired) electrons. The summed E-state index contributed by atoms with van der Waals surface area (Å²) in [5, 5.41) is 9.77. The van der Waals surface area contributed by atoms with Gasteiger partial charge >= 0.3 is 0 Å². The number of piperidine rings is 1. The molecule has 0 bridgehead atoms. The first-order chi connectivity index (χ1) is 14.8. The summed E-state index contributed by atoms with van der Waals surface area (Å²) in [6.07, 6.45) is 7.13. The largest absolute Gasteiger partial charge is 0.393 e. The molecule has 31 heavy (non-hydrogen) atoms. The molecule has 6 nitrogen and oxygen atoms in total. The summed E-state index contributed by atoms with van der Waals surface area (Å²) < 4.78 is 41.5. The standard InChI is InChI=1S/C22H19ClFN3O3S/c1-2-14-3-4-15(11-19(14)24)20-13-25-22(26-20)16-5-6-18(23)21(12-16)31(29,30)27-9-7-17(28)8-10-27/h1,3-6,11-13,17,28H,7-10H2,(H,25,26). The fourth-order valence-corrected chi connectivity index (χ4v) is 5.45. The number of terminal acetylenes is 1. The van der Waals surface area contributed by atoms with Crippen LogP contribution in [0, 0.1) is 18.2 Å². The summed E-state index contributed by atoms with van der Waals surface area (Å²) in [6.45, 7) is 0.461. The van der Waals surface area contributed by atoms with Gasteiger partial charge in [-0.1, -0.05) is 23.6 Å². The third-order valence-electron chi connectivity index (χ3n) is 5.24. The van der Waals surface area contributed by atoms with E-state index in [0.717, 1.165) is 0 Å². The van der Waals surface area contributed by atoms with Gasteiger partial charge in [-0.15, -0.1) is 6.42 Å². The van der Waals surface area contributed by atoms with E-state index < -0.39 is 21.9 Å². The van der Waals surface area contributed by atoms with Crippen molar-refractivity contribution in [3.8, 4) is 35.0 Å². The molecule has 1 aliphatic rings. The zero-order valence-electron chi connectivity index (χ0n) is 16.3. The number of hydrogen-bond acceptors (Lipinski definition) is 4. The van der Waals surface area contributed by atoms with Crippen molar-refractivity contribution in [2.45, 2.75) is 23.8 Å². The van der Waals surface area contributed by atoms with Gasteiger partial charge in [0.15, 0.2) is 0 Å². The molecule has 2 heterocycles. The molecule has 160 valence electrons. The van der Waals surface area contributed by atoms with Crippen LogP contribution in [-0.2, 0) is 10.0 Å². The van der Waals surface area contributed by atoms with E-state index in [0.29, 0.717) is 35.5 Å². The minimum absolute atomic E-state index is 0.0228. The number of hydrogen-bond donors (Lipinski definition) is 2. The fourth-order valence-electron chi connectivity index (χ4n) is 3.48. The van der Waals surface area contributed by atoms with Crippen LogP contribution in [0.5, 0.6) is 0 Å². The third-order valence-corrected chi connectivity index (χ3v) is 7.62. The number of nitrogens with one attached hydrogen (secondary N) is 1. The second kappa shape index (κ2) is 8.44. The first kappa shape index (κ1) is 21.5. The number of halogens is 2. The lowest BCUT2D eigenvalue weighted by Crippen LogP contribution is -2.40. The molecule has 1 aromatic heterocycles. The second-order valence-corrected chi connectivity index (χ2v) is 9.57. The predicted octanol–water partition coefficient (Wildman–Crippen LogP) is 3.66. The zero-order valence-corrected chi connectivity index (χ0v) is 17.9. The van der Waals surface area contributed by atoms with Gasteiger partial charge in [-0.05, 0) is 43.2 Å². The molecule has 0 saturated carbocycles. The predicted molar refractivity (Wildman–Crippen MR) is 116 cm³/mol. The first-order valence-corrected chi connectivity index (χ1v) is 11.4. The van der Waals surface area contributed by atoms with Gasteiger partial charge in [0.05, 0.1) is 22.4 Å². The Bertz CT molecular complexity index is 1280. The number of aromatic amines is 1. The van der Waals surface area contributed by atoms with Gasteiger partial charge < -0.3 is 10.1 Å². The lowest BCUT2D eigenvalue weighted by molar-refractivity contribution is 0.113. The molecule has 0 amide bonds. The molecule has 1 aliphatic heterocycles. The van der Waals surface area contributed by atoms with Gasteiger partial charge in [-0.2, -0.15) is 4.31 Å². The highest BCUT2D eigenvalue weighted by molar-refractivity contribution is 7.89. The number of nitrogens with zero attached hydrogens (tertiary/aromatic N) is 2. The summed E-state index contributed by atoms with van der Waals surface area (Å²) in [7, 11) is -3.83. The lowest BCUT2D eigenvalue weighted by Gasteiger charge is -2.29. The van der Waals surface area contributed by atoms with Crippen LogP contribution in [0.3, 0.4) is 0 Å². The molecule has 4 rings (SSSR count). The number of sulfonamides is 1. The number of imidazole rings is 1.